The van der Waals surface area contributed by atoms with E-state index in [0.29, 0.717) is 12.5 Å². The van der Waals surface area contributed by atoms with Crippen LogP contribution in [0.25, 0.3) is 0 Å². The van der Waals surface area contributed by atoms with Gasteiger partial charge in [0.05, 0.1) is 6.04 Å². The fourth-order valence-corrected chi connectivity index (χ4v) is 2.81. The molecule has 1 amide bonds. The minimum atomic E-state index is -0.355. The van der Waals surface area contributed by atoms with Crippen molar-refractivity contribution in [2.45, 2.75) is 51.1 Å². The number of hydrogen-bond donors (Lipinski definition) is 2. The third-order valence-electron chi connectivity index (χ3n) is 3.96. The Kier molecular flexibility index (Phi) is 5.40. The summed E-state index contributed by atoms with van der Waals surface area (Å²) in [6.45, 7) is 0.567. The summed E-state index contributed by atoms with van der Waals surface area (Å²) in [6, 6.07) is 9.58. The summed E-state index contributed by atoms with van der Waals surface area (Å²) in [5.74, 6) is 0.626. The molecule has 0 spiro atoms. The van der Waals surface area contributed by atoms with E-state index in [1.165, 1.54) is 32.1 Å². The van der Waals surface area contributed by atoms with Gasteiger partial charge < -0.3 is 11.1 Å². The third kappa shape index (κ3) is 4.67. The molecule has 3 nitrogen and oxygen atoms in total. The highest BCUT2D eigenvalue weighted by atomic mass is 16.2. The molecule has 1 aliphatic rings. The fourth-order valence-electron chi connectivity index (χ4n) is 2.81. The van der Waals surface area contributed by atoms with Crippen LogP contribution in [0.4, 0.5) is 0 Å². The number of carbonyl (C=O) groups is 1. The minimum Gasteiger partial charge on any atom is -0.351 e. The second kappa shape index (κ2) is 7.29. The van der Waals surface area contributed by atoms with E-state index in [-0.39, 0.29) is 11.9 Å². The molecule has 0 aliphatic heterocycles. The number of amides is 1. The Bertz CT molecular complexity index is 385. The summed E-state index contributed by atoms with van der Waals surface area (Å²) >= 11 is 0. The first-order chi connectivity index (χ1) is 9.25. The smallest absolute Gasteiger partial charge is 0.237 e. The summed E-state index contributed by atoms with van der Waals surface area (Å²) in [4.78, 5) is 12.0. The van der Waals surface area contributed by atoms with E-state index in [1.807, 2.05) is 30.3 Å². The number of carbonyl (C=O) groups excluding carboxylic acids is 1. The lowest BCUT2D eigenvalue weighted by molar-refractivity contribution is -0.122. The first-order valence-corrected chi connectivity index (χ1v) is 7.33. The first-order valence-electron chi connectivity index (χ1n) is 7.33. The molecule has 2 rings (SSSR count). The molecule has 1 unspecified atom stereocenters. The Morgan fingerprint density at radius 1 is 1.21 bits per heavy atom. The molecule has 3 N–H and O–H groups in total. The van der Waals surface area contributed by atoms with Gasteiger partial charge in [0.25, 0.3) is 0 Å². The predicted octanol–water partition coefficient (Wildman–Crippen LogP) is 2.60. The van der Waals surface area contributed by atoms with Crippen LogP contribution in [0, 0.1) is 5.92 Å². The van der Waals surface area contributed by atoms with Crippen LogP contribution in [0.15, 0.2) is 30.3 Å². The molecule has 19 heavy (non-hydrogen) atoms. The van der Waals surface area contributed by atoms with E-state index in [1.54, 1.807) is 0 Å². The van der Waals surface area contributed by atoms with Crippen LogP contribution in [-0.2, 0) is 11.3 Å². The zero-order chi connectivity index (χ0) is 13.5. The largest absolute Gasteiger partial charge is 0.351 e. The van der Waals surface area contributed by atoms with E-state index in [4.69, 9.17) is 5.73 Å². The Morgan fingerprint density at radius 2 is 1.89 bits per heavy atom. The second-order valence-corrected chi connectivity index (χ2v) is 5.55. The van der Waals surface area contributed by atoms with Crippen LogP contribution in [0.3, 0.4) is 0 Å². The molecule has 1 saturated carbocycles. The van der Waals surface area contributed by atoms with E-state index >= 15 is 0 Å². The van der Waals surface area contributed by atoms with Crippen molar-refractivity contribution in [3.05, 3.63) is 35.9 Å². The molecule has 1 aliphatic carbocycles. The van der Waals surface area contributed by atoms with Crippen molar-refractivity contribution in [1.29, 1.82) is 0 Å². The van der Waals surface area contributed by atoms with E-state index in [2.05, 4.69) is 5.32 Å². The molecular formula is C16H24N2O. The standard InChI is InChI=1S/C16H24N2O/c17-15(11-13-7-3-1-4-8-13)16(19)18-12-14-9-5-2-6-10-14/h2,5-6,9-10,13,15H,1,3-4,7-8,11-12,17H2,(H,18,19). The maximum absolute atomic E-state index is 12.0. The molecule has 0 radical (unpaired) electrons. The number of rotatable bonds is 5. The van der Waals surface area contributed by atoms with Gasteiger partial charge in [0.1, 0.15) is 0 Å². The normalized spacial score (nSPS) is 17.9. The van der Waals surface area contributed by atoms with Crippen molar-refractivity contribution >= 4 is 5.91 Å². The van der Waals surface area contributed by atoms with E-state index < -0.39 is 0 Å². The highest BCUT2D eigenvalue weighted by Gasteiger charge is 2.20. The summed E-state index contributed by atoms with van der Waals surface area (Å²) in [5.41, 5.74) is 7.11. The predicted molar refractivity (Wildman–Crippen MR) is 77.5 cm³/mol. The quantitative estimate of drug-likeness (QED) is 0.855. The number of nitrogens with one attached hydrogen (secondary N) is 1. The second-order valence-electron chi connectivity index (χ2n) is 5.55. The van der Waals surface area contributed by atoms with Crippen molar-refractivity contribution in [2.24, 2.45) is 11.7 Å². The summed E-state index contributed by atoms with van der Waals surface area (Å²) in [6.07, 6.45) is 7.23. The van der Waals surface area contributed by atoms with Gasteiger partial charge in [-0.15, -0.1) is 0 Å². The molecule has 1 aromatic rings. The van der Waals surface area contributed by atoms with Crippen molar-refractivity contribution in [3.63, 3.8) is 0 Å². The van der Waals surface area contributed by atoms with Crippen molar-refractivity contribution in [3.8, 4) is 0 Å². The van der Waals surface area contributed by atoms with Gasteiger partial charge in [0.2, 0.25) is 5.91 Å². The van der Waals surface area contributed by atoms with Gasteiger partial charge in [-0.1, -0.05) is 62.4 Å². The zero-order valence-corrected chi connectivity index (χ0v) is 11.5. The lowest BCUT2D eigenvalue weighted by atomic mass is 9.85. The van der Waals surface area contributed by atoms with Crippen LogP contribution in [0.1, 0.15) is 44.1 Å². The van der Waals surface area contributed by atoms with Crippen LogP contribution in [0.2, 0.25) is 0 Å². The average molecular weight is 260 g/mol. The monoisotopic (exact) mass is 260 g/mol. The molecule has 0 aromatic heterocycles. The fraction of sp³-hybridized carbons (Fsp3) is 0.562. The highest BCUT2D eigenvalue weighted by molar-refractivity contribution is 5.81. The molecular weight excluding hydrogens is 236 g/mol. The summed E-state index contributed by atoms with van der Waals surface area (Å²) in [5, 5.41) is 2.92. The summed E-state index contributed by atoms with van der Waals surface area (Å²) in [7, 11) is 0. The van der Waals surface area contributed by atoms with Crippen LogP contribution >= 0.6 is 0 Å². The third-order valence-corrected chi connectivity index (χ3v) is 3.96. The number of benzene rings is 1. The SMILES string of the molecule is NC(CC1CCCCC1)C(=O)NCc1ccccc1. The van der Waals surface area contributed by atoms with Gasteiger partial charge in [-0.2, -0.15) is 0 Å². The topological polar surface area (TPSA) is 55.1 Å². The first kappa shape index (κ1) is 14.1. The Hall–Kier alpha value is -1.35. The Labute approximate surface area is 115 Å². The van der Waals surface area contributed by atoms with Gasteiger partial charge in [0.15, 0.2) is 0 Å². The molecule has 3 heteroatoms. The van der Waals surface area contributed by atoms with Crippen LogP contribution in [0.5, 0.6) is 0 Å². The van der Waals surface area contributed by atoms with Gasteiger partial charge in [-0.3, -0.25) is 4.79 Å². The maximum Gasteiger partial charge on any atom is 0.237 e. The summed E-state index contributed by atoms with van der Waals surface area (Å²) < 4.78 is 0. The van der Waals surface area contributed by atoms with Gasteiger partial charge in [-0.05, 0) is 17.9 Å². The molecule has 104 valence electrons. The van der Waals surface area contributed by atoms with Crippen molar-refractivity contribution < 1.29 is 4.79 Å². The average Bonchev–Trinajstić information content (AvgIpc) is 2.47. The molecule has 0 bridgehead atoms. The lowest BCUT2D eigenvalue weighted by Gasteiger charge is -2.24. The molecule has 0 saturated heterocycles. The van der Waals surface area contributed by atoms with E-state index in [9.17, 15) is 4.79 Å². The van der Waals surface area contributed by atoms with Gasteiger partial charge in [0, 0.05) is 6.54 Å². The maximum atomic E-state index is 12.0. The zero-order valence-electron chi connectivity index (χ0n) is 11.5. The molecule has 0 heterocycles. The highest BCUT2D eigenvalue weighted by Crippen LogP contribution is 2.26. The van der Waals surface area contributed by atoms with Gasteiger partial charge in [-0.25, -0.2) is 0 Å². The molecule has 1 fully saturated rings. The van der Waals surface area contributed by atoms with E-state index in [0.717, 1.165) is 12.0 Å². The number of hydrogen-bond acceptors (Lipinski definition) is 2. The Morgan fingerprint density at radius 3 is 2.58 bits per heavy atom. The number of nitrogens with two attached hydrogens (primary N) is 1. The van der Waals surface area contributed by atoms with Crippen molar-refractivity contribution in [2.75, 3.05) is 0 Å². The Balaban J connectivity index is 1.72. The van der Waals surface area contributed by atoms with Crippen molar-refractivity contribution in [1.82, 2.24) is 5.32 Å². The minimum absolute atomic E-state index is 0.0190. The van der Waals surface area contributed by atoms with Gasteiger partial charge >= 0.3 is 0 Å². The van der Waals surface area contributed by atoms with Crippen LogP contribution < -0.4 is 11.1 Å². The molecule has 1 aromatic carbocycles. The molecule has 1 atom stereocenters. The van der Waals surface area contributed by atoms with Crippen LogP contribution in [-0.4, -0.2) is 11.9 Å². The lowest BCUT2D eigenvalue weighted by Crippen LogP contribution is -2.41.